The van der Waals surface area contributed by atoms with Gasteiger partial charge in [-0.3, -0.25) is 9.48 Å². The van der Waals surface area contributed by atoms with E-state index in [1.54, 1.807) is 11.6 Å². The molecule has 0 fully saturated rings. The minimum Gasteiger partial charge on any atom is -0.348 e. The van der Waals surface area contributed by atoms with Gasteiger partial charge in [-0.05, 0) is 25.1 Å². The van der Waals surface area contributed by atoms with Crippen molar-refractivity contribution < 1.29 is 18.0 Å². The van der Waals surface area contributed by atoms with Gasteiger partial charge in [0.25, 0.3) is 5.91 Å². The molecule has 2 heterocycles. The highest BCUT2D eigenvalue weighted by molar-refractivity contribution is 5.97. The number of nitrogens with zero attached hydrogens (tertiary/aromatic N) is 4. The topological polar surface area (TPSA) is 88.5 Å². The molecule has 0 saturated heterocycles. The van der Waals surface area contributed by atoms with E-state index in [9.17, 15) is 18.0 Å². The molecule has 2 N–H and O–H groups in total. The number of rotatable bonds is 4. The van der Waals surface area contributed by atoms with Crippen LogP contribution in [0.3, 0.4) is 0 Å². The van der Waals surface area contributed by atoms with Crippen molar-refractivity contribution in [1.29, 1.82) is 0 Å². The van der Waals surface area contributed by atoms with Crippen molar-refractivity contribution in [1.82, 2.24) is 30.0 Å². The molecule has 0 radical (unpaired) electrons. The Kier molecular flexibility index (Phi) is 3.96. The lowest BCUT2D eigenvalue weighted by molar-refractivity contribution is -0.144. The molecule has 3 rings (SSSR count). The Morgan fingerprint density at radius 1 is 1.42 bits per heavy atom. The fourth-order valence-corrected chi connectivity index (χ4v) is 2.25. The van der Waals surface area contributed by atoms with Crippen LogP contribution >= 0.6 is 0 Å². The molecule has 0 bridgehead atoms. The van der Waals surface area contributed by atoms with Crippen molar-refractivity contribution in [2.45, 2.75) is 25.7 Å². The summed E-state index contributed by atoms with van der Waals surface area (Å²) < 4.78 is 39.5. The number of alkyl halides is 3. The van der Waals surface area contributed by atoms with E-state index in [2.05, 4.69) is 25.4 Å². The van der Waals surface area contributed by atoms with Crippen LogP contribution in [0.5, 0.6) is 0 Å². The second-order valence-corrected chi connectivity index (χ2v) is 5.31. The van der Waals surface area contributed by atoms with Gasteiger partial charge < -0.3 is 10.3 Å². The molecule has 126 valence electrons. The molecule has 2 aromatic heterocycles. The van der Waals surface area contributed by atoms with Crippen LogP contribution in [-0.4, -0.2) is 36.7 Å². The number of amides is 1. The van der Waals surface area contributed by atoms with Crippen LogP contribution in [-0.2, 0) is 12.7 Å². The molecule has 0 spiro atoms. The number of halogens is 3. The lowest BCUT2D eigenvalue weighted by Gasteiger charge is -2.13. The fraction of sp³-hybridized carbons (Fsp3) is 0.286. The van der Waals surface area contributed by atoms with Gasteiger partial charge in [-0.1, -0.05) is 0 Å². The lowest BCUT2D eigenvalue weighted by atomic mass is 10.1. The SMILES string of the molecule is CC(Cn1cncn1)NC(=O)c1ccc2nc(C(F)(F)F)[nH]c2c1. The Morgan fingerprint density at radius 2 is 2.21 bits per heavy atom. The summed E-state index contributed by atoms with van der Waals surface area (Å²) in [5.74, 6) is -1.48. The highest BCUT2D eigenvalue weighted by atomic mass is 19.4. The summed E-state index contributed by atoms with van der Waals surface area (Å²) in [4.78, 5) is 21.7. The van der Waals surface area contributed by atoms with Gasteiger partial charge in [0.1, 0.15) is 12.7 Å². The molecule has 1 atom stereocenters. The quantitative estimate of drug-likeness (QED) is 0.761. The van der Waals surface area contributed by atoms with E-state index in [0.29, 0.717) is 6.54 Å². The summed E-state index contributed by atoms with van der Waals surface area (Å²) in [5.41, 5.74) is 0.541. The second-order valence-electron chi connectivity index (χ2n) is 5.31. The zero-order valence-electron chi connectivity index (χ0n) is 12.5. The molecule has 0 aliphatic heterocycles. The molecule has 1 aromatic carbocycles. The number of H-pyrrole nitrogens is 1. The van der Waals surface area contributed by atoms with Crippen molar-refractivity contribution in [3.8, 4) is 0 Å². The van der Waals surface area contributed by atoms with E-state index in [1.807, 2.05) is 0 Å². The van der Waals surface area contributed by atoms with E-state index in [0.717, 1.165) is 0 Å². The molecule has 0 saturated carbocycles. The molecule has 7 nitrogen and oxygen atoms in total. The summed E-state index contributed by atoms with van der Waals surface area (Å²) in [6.45, 7) is 2.21. The standard InChI is InChI=1S/C14H13F3N6O/c1-8(5-23-7-18-6-19-23)20-12(24)9-2-3-10-11(4-9)22-13(21-10)14(15,16)17/h2-4,6-8H,5H2,1H3,(H,20,24)(H,21,22). The van der Waals surface area contributed by atoms with Gasteiger partial charge >= 0.3 is 6.18 Å². The average Bonchev–Trinajstić information content (AvgIpc) is 3.14. The molecule has 1 amide bonds. The first-order chi connectivity index (χ1) is 11.3. The van der Waals surface area contributed by atoms with Gasteiger partial charge in [-0.15, -0.1) is 0 Å². The number of carbonyl (C=O) groups excluding carboxylic acids is 1. The van der Waals surface area contributed by atoms with Gasteiger partial charge in [-0.2, -0.15) is 18.3 Å². The summed E-state index contributed by atoms with van der Waals surface area (Å²) in [6.07, 6.45) is -1.65. The largest absolute Gasteiger partial charge is 0.449 e. The minimum absolute atomic E-state index is 0.148. The number of imidazole rings is 1. The third kappa shape index (κ3) is 3.36. The first kappa shape index (κ1) is 16.0. The van der Waals surface area contributed by atoms with E-state index >= 15 is 0 Å². The number of aromatic nitrogens is 5. The Balaban J connectivity index is 1.74. The number of carbonyl (C=O) groups is 1. The van der Waals surface area contributed by atoms with Crippen molar-refractivity contribution in [2.24, 2.45) is 0 Å². The highest BCUT2D eigenvalue weighted by Crippen LogP contribution is 2.28. The molecule has 3 aromatic rings. The summed E-state index contributed by atoms with van der Waals surface area (Å²) in [6, 6.07) is 3.91. The molecule has 24 heavy (non-hydrogen) atoms. The van der Waals surface area contributed by atoms with E-state index < -0.39 is 17.9 Å². The normalized spacial score (nSPS) is 13.2. The van der Waals surface area contributed by atoms with Crippen LogP contribution < -0.4 is 5.32 Å². The second kappa shape index (κ2) is 5.95. The van der Waals surface area contributed by atoms with E-state index in [4.69, 9.17) is 0 Å². The zero-order chi connectivity index (χ0) is 17.3. The number of nitrogens with one attached hydrogen (secondary N) is 2. The molecular formula is C14H13F3N6O. The van der Waals surface area contributed by atoms with Gasteiger partial charge in [-0.25, -0.2) is 9.97 Å². The van der Waals surface area contributed by atoms with Crippen molar-refractivity contribution in [2.75, 3.05) is 0 Å². The summed E-state index contributed by atoms with van der Waals surface area (Å²) in [5, 5.41) is 6.69. The van der Waals surface area contributed by atoms with Crippen LogP contribution in [0.2, 0.25) is 0 Å². The first-order valence-electron chi connectivity index (χ1n) is 7.03. The molecular weight excluding hydrogens is 325 g/mol. The maximum absolute atomic E-state index is 12.7. The van der Waals surface area contributed by atoms with Crippen molar-refractivity contribution in [3.05, 3.63) is 42.2 Å². The first-order valence-corrected chi connectivity index (χ1v) is 7.03. The minimum atomic E-state index is -4.56. The molecule has 0 aliphatic rings. The van der Waals surface area contributed by atoms with Crippen LogP contribution in [0.1, 0.15) is 23.1 Å². The predicted molar refractivity (Wildman–Crippen MR) is 78.0 cm³/mol. The number of hydrogen-bond acceptors (Lipinski definition) is 4. The molecule has 1 unspecified atom stereocenters. The molecule has 0 aliphatic carbocycles. The van der Waals surface area contributed by atoms with Crippen LogP contribution in [0.25, 0.3) is 11.0 Å². The van der Waals surface area contributed by atoms with E-state index in [-0.39, 0.29) is 22.6 Å². The Hall–Kier alpha value is -2.91. The van der Waals surface area contributed by atoms with Gasteiger partial charge in [0.05, 0.1) is 17.6 Å². The zero-order valence-corrected chi connectivity index (χ0v) is 12.5. The summed E-state index contributed by atoms with van der Waals surface area (Å²) >= 11 is 0. The number of benzene rings is 1. The number of hydrogen-bond donors (Lipinski definition) is 2. The van der Waals surface area contributed by atoms with E-state index in [1.165, 1.54) is 30.9 Å². The fourth-order valence-electron chi connectivity index (χ4n) is 2.25. The summed E-state index contributed by atoms with van der Waals surface area (Å²) in [7, 11) is 0. The smallest absolute Gasteiger partial charge is 0.348 e. The van der Waals surface area contributed by atoms with Crippen molar-refractivity contribution >= 4 is 16.9 Å². The Morgan fingerprint density at radius 3 is 2.88 bits per heavy atom. The maximum atomic E-state index is 12.7. The number of aromatic amines is 1. The monoisotopic (exact) mass is 338 g/mol. The van der Waals surface area contributed by atoms with Gasteiger partial charge in [0.2, 0.25) is 5.82 Å². The predicted octanol–water partition coefficient (Wildman–Crippen LogP) is 1.99. The highest BCUT2D eigenvalue weighted by Gasteiger charge is 2.34. The van der Waals surface area contributed by atoms with Crippen LogP contribution in [0, 0.1) is 0 Å². The third-order valence-electron chi connectivity index (χ3n) is 3.32. The molecule has 10 heteroatoms. The Bertz CT molecular complexity index is 855. The van der Waals surface area contributed by atoms with Crippen LogP contribution in [0.15, 0.2) is 30.9 Å². The van der Waals surface area contributed by atoms with Gasteiger partial charge in [0.15, 0.2) is 0 Å². The maximum Gasteiger partial charge on any atom is 0.449 e. The average molecular weight is 338 g/mol. The third-order valence-corrected chi connectivity index (χ3v) is 3.32. The van der Waals surface area contributed by atoms with Gasteiger partial charge in [0, 0.05) is 11.6 Å². The lowest BCUT2D eigenvalue weighted by Crippen LogP contribution is -2.35. The Labute approximate surface area is 133 Å². The van der Waals surface area contributed by atoms with Crippen molar-refractivity contribution in [3.63, 3.8) is 0 Å². The number of fused-ring (bicyclic) bond motifs is 1. The van der Waals surface area contributed by atoms with Crippen LogP contribution in [0.4, 0.5) is 13.2 Å².